The van der Waals surface area contributed by atoms with Crippen molar-refractivity contribution in [3.8, 4) is 11.3 Å². The van der Waals surface area contributed by atoms with Crippen molar-refractivity contribution in [2.24, 2.45) is 0 Å². The molecule has 166 valence electrons. The SMILES string of the molecule is CCc1nc(NCCNc2ccc([N+](=O)[O-])cn2)nc(-c2ccc(Cl)c(Cl)c2)c1C(=O)O. The number of hydrogen-bond donors (Lipinski definition) is 3. The Morgan fingerprint density at radius 2 is 1.88 bits per heavy atom. The number of carboxylic acid groups (broad SMARTS) is 1. The van der Waals surface area contributed by atoms with Gasteiger partial charge in [0, 0.05) is 24.7 Å². The van der Waals surface area contributed by atoms with Crippen LogP contribution in [0.3, 0.4) is 0 Å². The van der Waals surface area contributed by atoms with Crippen molar-refractivity contribution in [1.29, 1.82) is 0 Å². The summed E-state index contributed by atoms with van der Waals surface area (Å²) in [5.74, 6) is -0.406. The van der Waals surface area contributed by atoms with Gasteiger partial charge in [-0.05, 0) is 24.6 Å². The van der Waals surface area contributed by atoms with Crippen molar-refractivity contribution in [3.63, 3.8) is 0 Å². The van der Waals surface area contributed by atoms with E-state index in [1.807, 2.05) is 0 Å². The summed E-state index contributed by atoms with van der Waals surface area (Å²) >= 11 is 12.1. The molecule has 0 radical (unpaired) electrons. The maximum absolute atomic E-state index is 11.9. The van der Waals surface area contributed by atoms with Crippen molar-refractivity contribution in [2.75, 3.05) is 23.7 Å². The molecule has 2 aromatic heterocycles. The molecule has 1 aromatic carbocycles. The predicted octanol–water partition coefficient (Wildman–Crippen LogP) is 4.54. The first kappa shape index (κ1) is 23.2. The maximum Gasteiger partial charge on any atom is 0.339 e. The van der Waals surface area contributed by atoms with Gasteiger partial charge in [-0.1, -0.05) is 36.2 Å². The van der Waals surface area contributed by atoms with E-state index >= 15 is 0 Å². The smallest absolute Gasteiger partial charge is 0.339 e. The van der Waals surface area contributed by atoms with Crippen molar-refractivity contribution in [1.82, 2.24) is 15.0 Å². The quantitative estimate of drug-likeness (QED) is 0.230. The molecule has 0 saturated carbocycles. The lowest BCUT2D eigenvalue weighted by Crippen LogP contribution is -2.18. The van der Waals surface area contributed by atoms with Crippen LogP contribution < -0.4 is 10.6 Å². The van der Waals surface area contributed by atoms with E-state index in [0.29, 0.717) is 41.6 Å². The van der Waals surface area contributed by atoms with Crippen molar-refractivity contribution in [3.05, 3.63) is 67.9 Å². The number of aromatic carboxylic acids is 1. The van der Waals surface area contributed by atoms with E-state index < -0.39 is 10.9 Å². The second-order valence-electron chi connectivity index (χ2n) is 6.52. The maximum atomic E-state index is 11.9. The van der Waals surface area contributed by atoms with Gasteiger partial charge in [-0.15, -0.1) is 0 Å². The first-order valence-corrected chi connectivity index (χ1v) is 10.2. The molecule has 3 aromatic rings. The van der Waals surface area contributed by atoms with Gasteiger partial charge in [-0.2, -0.15) is 0 Å². The number of rotatable bonds is 9. The summed E-state index contributed by atoms with van der Waals surface area (Å²) in [6.45, 7) is 2.60. The minimum absolute atomic E-state index is 0.00430. The summed E-state index contributed by atoms with van der Waals surface area (Å²) < 4.78 is 0. The molecule has 0 amide bonds. The lowest BCUT2D eigenvalue weighted by Gasteiger charge is -2.14. The molecule has 0 aliphatic rings. The van der Waals surface area contributed by atoms with Crippen LogP contribution in [0.15, 0.2) is 36.5 Å². The molecule has 0 bridgehead atoms. The average molecular weight is 477 g/mol. The van der Waals surface area contributed by atoms with Crippen LogP contribution in [-0.4, -0.2) is 44.0 Å². The first-order chi connectivity index (χ1) is 15.3. The van der Waals surface area contributed by atoms with Gasteiger partial charge in [0.15, 0.2) is 0 Å². The van der Waals surface area contributed by atoms with Crippen LogP contribution in [0.4, 0.5) is 17.5 Å². The number of anilines is 2. The molecule has 3 rings (SSSR count). The highest BCUT2D eigenvalue weighted by molar-refractivity contribution is 6.42. The van der Waals surface area contributed by atoms with Gasteiger partial charge in [0.25, 0.3) is 5.69 Å². The minimum Gasteiger partial charge on any atom is -0.478 e. The summed E-state index contributed by atoms with van der Waals surface area (Å²) in [6, 6.07) is 7.64. The number of carbonyl (C=O) groups is 1. The van der Waals surface area contributed by atoms with E-state index in [1.165, 1.54) is 18.3 Å². The molecule has 32 heavy (non-hydrogen) atoms. The number of aromatic nitrogens is 3. The second-order valence-corrected chi connectivity index (χ2v) is 7.33. The number of benzene rings is 1. The molecule has 0 fully saturated rings. The number of nitrogens with one attached hydrogen (secondary N) is 2. The Morgan fingerprint density at radius 3 is 2.47 bits per heavy atom. The highest BCUT2D eigenvalue weighted by Crippen LogP contribution is 2.31. The Bertz CT molecular complexity index is 1160. The molecule has 0 spiro atoms. The van der Waals surface area contributed by atoms with Crippen LogP contribution in [-0.2, 0) is 6.42 Å². The van der Waals surface area contributed by atoms with E-state index in [0.717, 1.165) is 0 Å². The molecule has 0 saturated heterocycles. The number of nitrogens with zero attached hydrogens (tertiary/aromatic N) is 4. The number of halogens is 2. The van der Waals surface area contributed by atoms with Crippen LogP contribution >= 0.6 is 23.2 Å². The lowest BCUT2D eigenvalue weighted by atomic mass is 10.0. The summed E-state index contributed by atoms with van der Waals surface area (Å²) in [5, 5.41) is 27.1. The summed E-state index contributed by atoms with van der Waals surface area (Å²) in [5.41, 5.74) is 1.02. The molecule has 0 unspecified atom stereocenters. The fourth-order valence-corrected chi connectivity index (χ4v) is 3.18. The summed E-state index contributed by atoms with van der Waals surface area (Å²) in [4.78, 5) is 34.8. The van der Waals surface area contributed by atoms with Gasteiger partial charge in [0.2, 0.25) is 5.95 Å². The molecular weight excluding hydrogens is 459 g/mol. The lowest BCUT2D eigenvalue weighted by molar-refractivity contribution is -0.385. The van der Waals surface area contributed by atoms with Gasteiger partial charge in [-0.25, -0.2) is 19.7 Å². The van der Waals surface area contributed by atoms with Gasteiger partial charge in [0.1, 0.15) is 17.6 Å². The van der Waals surface area contributed by atoms with Crippen LogP contribution in [0.5, 0.6) is 0 Å². The van der Waals surface area contributed by atoms with E-state index in [9.17, 15) is 20.0 Å². The third kappa shape index (κ3) is 5.40. The van der Waals surface area contributed by atoms with Crippen LogP contribution in [0.25, 0.3) is 11.3 Å². The molecule has 2 heterocycles. The van der Waals surface area contributed by atoms with Crippen molar-refractivity contribution < 1.29 is 14.8 Å². The molecule has 12 heteroatoms. The average Bonchev–Trinajstić information content (AvgIpc) is 2.78. The van der Waals surface area contributed by atoms with Gasteiger partial charge in [0.05, 0.1) is 26.4 Å². The normalized spacial score (nSPS) is 10.6. The van der Waals surface area contributed by atoms with E-state index in [1.54, 1.807) is 25.1 Å². The van der Waals surface area contributed by atoms with E-state index in [-0.39, 0.29) is 27.9 Å². The number of carboxylic acids is 1. The monoisotopic (exact) mass is 476 g/mol. The Labute approximate surface area is 192 Å². The fraction of sp³-hybridized carbons (Fsp3) is 0.200. The van der Waals surface area contributed by atoms with Crippen molar-refractivity contribution >= 4 is 46.6 Å². The fourth-order valence-electron chi connectivity index (χ4n) is 2.88. The Balaban J connectivity index is 1.78. The Hall–Kier alpha value is -3.50. The Kier molecular flexibility index (Phi) is 7.39. The van der Waals surface area contributed by atoms with Gasteiger partial charge in [-0.3, -0.25) is 10.1 Å². The van der Waals surface area contributed by atoms with Gasteiger partial charge < -0.3 is 15.7 Å². The highest BCUT2D eigenvalue weighted by atomic mass is 35.5. The van der Waals surface area contributed by atoms with Crippen LogP contribution in [0, 0.1) is 10.1 Å². The zero-order valence-corrected chi connectivity index (χ0v) is 18.3. The molecule has 3 N–H and O–H groups in total. The zero-order chi connectivity index (χ0) is 23.3. The second kappa shape index (κ2) is 10.2. The largest absolute Gasteiger partial charge is 0.478 e. The van der Waals surface area contributed by atoms with E-state index in [4.69, 9.17) is 23.2 Å². The third-order valence-corrected chi connectivity index (χ3v) is 5.14. The first-order valence-electron chi connectivity index (χ1n) is 9.48. The molecule has 0 aliphatic heterocycles. The molecule has 0 atom stereocenters. The number of nitro groups is 1. The number of pyridine rings is 1. The standard InChI is InChI=1S/C20H18Cl2N6O4/c1-2-15-17(19(29)30)18(11-3-5-13(21)14(22)9-11)27-20(26-15)24-8-7-23-16-6-4-12(10-25-16)28(31)32/h3-6,9-10H,2,7-8H2,1H3,(H,23,25)(H,29,30)(H,24,26,27). The van der Waals surface area contributed by atoms with Crippen LogP contribution in [0.1, 0.15) is 23.0 Å². The number of aryl methyl sites for hydroxylation is 1. The Morgan fingerprint density at radius 1 is 1.12 bits per heavy atom. The van der Waals surface area contributed by atoms with Crippen molar-refractivity contribution in [2.45, 2.75) is 13.3 Å². The topological polar surface area (TPSA) is 143 Å². The molecular formula is C20H18Cl2N6O4. The summed E-state index contributed by atoms with van der Waals surface area (Å²) in [6.07, 6.45) is 1.55. The summed E-state index contributed by atoms with van der Waals surface area (Å²) in [7, 11) is 0. The molecule has 10 nitrogen and oxygen atoms in total. The highest BCUT2D eigenvalue weighted by Gasteiger charge is 2.21. The molecule has 0 aliphatic carbocycles. The predicted molar refractivity (Wildman–Crippen MR) is 122 cm³/mol. The van der Waals surface area contributed by atoms with Gasteiger partial charge >= 0.3 is 5.97 Å². The number of hydrogen-bond acceptors (Lipinski definition) is 8. The van der Waals surface area contributed by atoms with E-state index in [2.05, 4.69) is 25.6 Å². The zero-order valence-electron chi connectivity index (χ0n) is 16.8. The third-order valence-electron chi connectivity index (χ3n) is 4.40. The minimum atomic E-state index is -1.14. The van der Waals surface area contributed by atoms with Crippen LogP contribution in [0.2, 0.25) is 10.0 Å².